The van der Waals surface area contributed by atoms with Crippen LogP contribution in [0.4, 0.5) is 5.13 Å². The lowest BCUT2D eigenvalue weighted by Crippen LogP contribution is -2.33. The van der Waals surface area contributed by atoms with E-state index in [0.29, 0.717) is 17.7 Å². The topological polar surface area (TPSA) is 33.2 Å². The lowest BCUT2D eigenvalue weighted by molar-refractivity contribution is 0.101. The highest BCUT2D eigenvalue weighted by molar-refractivity contribution is 7.13. The van der Waals surface area contributed by atoms with Crippen molar-refractivity contribution in [2.75, 3.05) is 11.9 Å². The van der Waals surface area contributed by atoms with E-state index in [1.807, 2.05) is 12.4 Å². The maximum atomic E-state index is 11.1. The van der Waals surface area contributed by atoms with Gasteiger partial charge in [-0.1, -0.05) is 13.8 Å². The highest BCUT2D eigenvalue weighted by Gasteiger charge is 2.17. The van der Waals surface area contributed by atoms with Crippen LogP contribution in [0, 0.1) is 5.92 Å². The summed E-state index contributed by atoms with van der Waals surface area (Å²) in [7, 11) is 2.02. The van der Waals surface area contributed by atoms with Crippen LogP contribution in [0.15, 0.2) is 5.38 Å². The molecule has 1 unspecified atom stereocenters. The molecule has 0 saturated heterocycles. The van der Waals surface area contributed by atoms with Crippen LogP contribution >= 0.6 is 11.3 Å². The Labute approximate surface area is 95.1 Å². The number of anilines is 1. The molecule has 0 N–H and O–H groups in total. The molecular formula is C11H18N2OS. The predicted octanol–water partition coefficient (Wildman–Crippen LogP) is 2.83. The average Bonchev–Trinajstić information content (AvgIpc) is 2.64. The lowest BCUT2D eigenvalue weighted by Gasteiger charge is -2.27. The molecule has 0 aliphatic heterocycles. The molecule has 0 radical (unpaired) electrons. The van der Waals surface area contributed by atoms with Gasteiger partial charge in [0.05, 0.1) is 0 Å². The van der Waals surface area contributed by atoms with Gasteiger partial charge in [0.1, 0.15) is 5.69 Å². The normalized spacial score (nSPS) is 12.9. The summed E-state index contributed by atoms with van der Waals surface area (Å²) in [6.45, 7) is 8.07. The number of Topliss-reactive ketones (excluding diaryl/α,β-unsaturated/α-hetero) is 1. The quantitative estimate of drug-likeness (QED) is 0.740. The molecular weight excluding hydrogens is 208 g/mol. The Bertz CT molecular complexity index is 346. The Hall–Kier alpha value is -0.900. The first-order chi connectivity index (χ1) is 6.93. The second-order valence-electron chi connectivity index (χ2n) is 4.17. The zero-order chi connectivity index (χ0) is 11.6. The molecule has 0 saturated carbocycles. The maximum Gasteiger partial charge on any atom is 0.185 e. The molecule has 0 amide bonds. The van der Waals surface area contributed by atoms with E-state index in [1.165, 1.54) is 11.3 Å². The molecule has 1 aromatic heterocycles. The van der Waals surface area contributed by atoms with Crippen molar-refractivity contribution in [3.8, 4) is 0 Å². The van der Waals surface area contributed by atoms with Crippen LogP contribution in [-0.4, -0.2) is 23.9 Å². The monoisotopic (exact) mass is 226 g/mol. The molecule has 1 aromatic rings. The summed E-state index contributed by atoms with van der Waals surface area (Å²) in [5.41, 5.74) is 0.567. The van der Waals surface area contributed by atoms with Crippen LogP contribution in [-0.2, 0) is 0 Å². The molecule has 15 heavy (non-hydrogen) atoms. The Morgan fingerprint density at radius 1 is 1.47 bits per heavy atom. The standard InChI is InChI=1S/C11H18N2OS/c1-7(2)8(3)13(5)11-12-10(6-15-11)9(4)14/h6-8H,1-5H3. The number of carbonyl (C=O) groups excluding carboxylic acids is 1. The number of nitrogens with zero attached hydrogens (tertiary/aromatic N) is 2. The van der Waals surface area contributed by atoms with Crippen LogP contribution in [0.1, 0.15) is 38.2 Å². The van der Waals surface area contributed by atoms with Gasteiger partial charge in [-0.3, -0.25) is 4.79 Å². The summed E-state index contributed by atoms with van der Waals surface area (Å²) in [5.74, 6) is 0.600. The van der Waals surface area contributed by atoms with E-state index < -0.39 is 0 Å². The number of rotatable bonds is 4. The molecule has 0 spiro atoms. The molecule has 3 nitrogen and oxygen atoms in total. The van der Waals surface area contributed by atoms with Crippen LogP contribution < -0.4 is 4.90 Å². The first-order valence-corrected chi connectivity index (χ1v) is 6.00. The van der Waals surface area contributed by atoms with Gasteiger partial charge in [0, 0.05) is 25.4 Å². The van der Waals surface area contributed by atoms with Crippen molar-refractivity contribution in [1.82, 2.24) is 4.98 Å². The summed E-state index contributed by atoms with van der Waals surface area (Å²) in [6, 6.07) is 0.427. The van der Waals surface area contributed by atoms with Gasteiger partial charge in [-0.05, 0) is 12.8 Å². The van der Waals surface area contributed by atoms with E-state index in [9.17, 15) is 4.79 Å². The molecule has 1 heterocycles. The Balaban J connectivity index is 2.82. The maximum absolute atomic E-state index is 11.1. The van der Waals surface area contributed by atoms with E-state index in [-0.39, 0.29) is 5.78 Å². The van der Waals surface area contributed by atoms with Gasteiger partial charge in [0.25, 0.3) is 0 Å². The second-order valence-corrected chi connectivity index (χ2v) is 5.00. The van der Waals surface area contributed by atoms with Crippen molar-refractivity contribution < 1.29 is 4.79 Å². The van der Waals surface area contributed by atoms with Crippen molar-refractivity contribution in [3.63, 3.8) is 0 Å². The number of hydrogen-bond donors (Lipinski definition) is 0. The van der Waals surface area contributed by atoms with Crippen LogP contribution in [0.25, 0.3) is 0 Å². The molecule has 0 aliphatic carbocycles. The van der Waals surface area contributed by atoms with Gasteiger partial charge >= 0.3 is 0 Å². The van der Waals surface area contributed by atoms with E-state index in [2.05, 4.69) is 30.7 Å². The Morgan fingerprint density at radius 3 is 2.47 bits per heavy atom. The molecule has 0 fully saturated rings. The minimum atomic E-state index is 0.0306. The van der Waals surface area contributed by atoms with Crippen LogP contribution in [0.3, 0.4) is 0 Å². The first-order valence-electron chi connectivity index (χ1n) is 5.12. The Morgan fingerprint density at radius 2 is 2.07 bits per heavy atom. The highest BCUT2D eigenvalue weighted by atomic mass is 32.1. The van der Waals surface area contributed by atoms with Gasteiger partial charge in [0.2, 0.25) is 0 Å². The summed E-state index contributed by atoms with van der Waals surface area (Å²) >= 11 is 1.53. The lowest BCUT2D eigenvalue weighted by atomic mass is 10.1. The largest absolute Gasteiger partial charge is 0.348 e. The van der Waals surface area contributed by atoms with Gasteiger partial charge in [-0.2, -0.15) is 0 Å². The Kier molecular flexibility index (Phi) is 3.85. The SMILES string of the molecule is CC(=O)c1csc(N(C)C(C)C(C)C)n1. The minimum Gasteiger partial charge on any atom is -0.348 e. The molecule has 0 aromatic carbocycles. The van der Waals surface area contributed by atoms with Crippen LogP contribution in [0.5, 0.6) is 0 Å². The molecule has 1 rings (SSSR count). The number of hydrogen-bond acceptors (Lipinski definition) is 4. The fourth-order valence-electron chi connectivity index (χ4n) is 1.21. The highest BCUT2D eigenvalue weighted by Crippen LogP contribution is 2.23. The fourth-order valence-corrected chi connectivity index (χ4v) is 2.13. The first kappa shape index (κ1) is 12.2. The third-order valence-corrected chi connectivity index (χ3v) is 3.66. The van der Waals surface area contributed by atoms with Crippen LogP contribution in [0.2, 0.25) is 0 Å². The fraction of sp³-hybridized carbons (Fsp3) is 0.636. The smallest absolute Gasteiger partial charge is 0.185 e. The number of ketones is 1. The minimum absolute atomic E-state index is 0.0306. The summed E-state index contributed by atoms with van der Waals surface area (Å²) in [5, 5.41) is 2.74. The van der Waals surface area contributed by atoms with Gasteiger partial charge in [0.15, 0.2) is 10.9 Å². The molecule has 84 valence electrons. The van der Waals surface area contributed by atoms with Crippen molar-refractivity contribution in [3.05, 3.63) is 11.1 Å². The van der Waals surface area contributed by atoms with Gasteiger partial charge in [-0.25, -0.2) is 4.98 Å². The number of aromatic nitrogens is 1. The van der Waals surface area contributed by atoms with E-state index in [1.54, 1.807) is 6.92 Å². The zero-order valence-corrected chi connectivity index (χ0v) is 10.8. The third kappa shape index (κ3) is 2.78. The summed E-state index contributed by atoms with van der Waals surface area (Å²) < 4.78 is 0. The van der Waals surface area contributed by atoms with E-state index in [4.69, 9.17) is 0 Å². The van der Waals surface area contributed by atoms with Gasteiger partial charge in [-0.15, -0.1) is 11.3 Å². The molecule has 0 bridgehead atoms. The number of carbonyl (C=O) groups is 1. The number of thiazole rings is 1. The predicted molar refractivity (Wildman–Crippen MR) is 64.8 cm³/mol. The zero-order valence-electron chi connectivity index (χ0n) is 9.94. The van der Waals surface area contributed by atoms with Gasteiger partial charge < -0.3 is 4.90 Å². The van der Waals surface area contributed by atoms with Crippen molar-refractivity contribution in [1.29, 1.82) is 0 Å². The molecule has 4 heteroatoms. The van der Waals surface area contributed by atoms with E-state index in [0.717, 1.165) is 5.13 Å². The summed E-state index contributed by atoms with van der Waals surface area (Å²) in [6.07, 6.45) is 0. The summed E-state index contributed by atoms with van der Waals surface area (Å²) in [4.78, 5) is 17.5. The molecule has 1 atom stereocenters. The second kappa shape index (κ2) is 4.75. The van der Waals surface area contributed by atoms with Crippen molar-refractivity contribution >= 4 is 22.3 Å². The van der Waals surface area contributed by atoms with E-state index >= 15 is 0 Å². The third-order valence-electron chi connectivity index (χ3n) is 2.73. The molecule has 0 aliphatic rings. The van der Waals surface area contributed by atoms with Crippen molar-refractivity contribution in [2.45, 2.75) is 33.7 Å². The van der Waals surface area contributed by atoms with Crippen molar-refractivity contribution in [2.24, 2.45) is 5.92 Å². The average molecular weight is 226 g/mol.